The fraction of sp³-hybridized carbons (Fsp3) is 0.275. The van der Waals surface area contributed by atoms with E-state index in [1.165, 1.54) is 6.07 Å². The van der Waals surface area contributed by atoms with Gasteiger partial charge in [0.15, 0.2) is 5.43 Å². The Kier molecular flexibility index (Phi) is 21.3. The van der Waals surface area contributed by atoms with Crippen LogP contribution < -0.4 is 35.8 Å². The Labute approximate surface area is 347 Å². The molecular formula is C40H50N4O14S2. The van der Waals surface area contributed by atoms with Gasteiger partial charge < -0.3 is 45.0 Å². The van der Waals surface area contributed by atoms with Crippen molar-refractivity contribution in [2.75, 3.05) is 52.2 Å². The van der Waals surface area contributed by atoms with Gasteiger partial charge in [-0.1, -0.05) is 12.1 Å². The van der Waals surface area contributed by atoms with E-state index in [1.807, 2.05) is 48.5 Å². The lowest BCUT2D eigenvalue weighted by Crippen LogP contribution is -2.10. The van der Waals surface area contributed by atoms with Gasteiger partial charge in [0.2, 0.25) is 0 Å². The summed E-state index contributed by atoms with van der Waals surface area (Å²) >= 11 is 0. The molecule has 0 saturated carbocycles. The maximum atomic E-state index is 12.2. The lowest BCUT2D eigenvalue weighted by molar-refractivity contribution is 0.279. The number of aliphatic hydroxyl groups is 2. The van der Waals surface area contributed by atoms with E-state index in [4.69, 9.17) is 65.0 Å². The van der Waals surface area contributed by atoms with E-state index in [-0.39, 0.29) is 17.1 Å². The average Bonchev–Trinajstić information content (AvgIpc) is 3.20. The van der Waals surface area contributed by atoms with Crippen LogP contribution in [0.4, 0.5) is 0 Å². The number of nitrogen functional groups attached to an aromatic ring is 2. The molecule has 1 aromatic heterocycles. The van der Waals surface area contributed by atoms with E-state index in [1.54, 1.807) is 56.7 Å². The third-order valence-corrected chi connectivity index (χ3v) is 9.04. The standard InChI is InChI=1S/C19H24N4O2.C17H14O4.2C2H6O4S/c20-18(21)14-4-8-16(9-5-14)24-12-2-1-3-13-25-17-10-6-15(7-11-17)19(22)23;1-19-12-5-3-4-11(8-12)16-10-15(18)14-7-6-13(20-2)9-17(14)21-16;2*3-1-2-7(4,5)6/h4-11H,1-3,12-13H2,(H3,20,21)(H3,22,23);3-10H,1-2H3;2*3H,1-2H2,(H,4,5,6). The molecule has 0 unspecified atom stereocenters. The van der Waals surface area contributed by atoms with Gasteiger partial charge in [0, 0.05) is 28.8 Å². The van der Waals surface area contributed by atoms with E-state index in [0.717, 1.165) is 36.3 Å². The van der Waals surface area contributed by atoms with Crippen LogP contribution in [0.5, 0.6) is 23.0 Å². The minimum atomic E-state index is -3.92. The van der Waals surface area contributed by atoms with Crippen molar-refractivity contribution in [3.63, 3.8) is 0 Å². The molecule has 0 aliphatic carbocycles. The number of nitrogens with two attached hydrogens (primary N) is 2. The van der Waals surface area contributed by atoms with Gasteiger partial charge in [-0.15, -0.1) is 0 Å². The zero-order chi connectivity index (χ0) is 44.7. The van der Waals surface area contributed by atoms with Gasteiger partial charge in [-0.25, -0.2) is 0 Å². The van der Waals surface area contributed by atoms with Gasteiger partial charge in [-0.2, -0.15) is 16.8 Å². The van der Waals surface area contributed by atoms with Gasteiger partial charge in [0.05, 0.1) is 57.5 Å². The number of rotatable bonds is 17. The first-order chi connectivity index (χ1) is 28.4. The van der Waals surface area contributed by atoms with E-state index >= 15 is 0 Å². The summed E-state index contributed by atoms with van der Waals surface area (Å²) in [5, 5.41) is 30.9. The zero-order valence-electron chi connectivity index (χ0n) is 32.9. The van der Waals surface area contributed by atoms with E-state index < -0.39 is 45.0 Å². The maximum Gasteiger partial charge on any atom is 0.267 e. The molecule has 0 amide bonds. The van der Waals surface area contributed by atoms with Crippen LogP contribution in [-0.4, -0.2) is 100.0 Å². The molecule has 326 valence electrons. The van der Waals surface area contributed by atoms with E-state index in [2.05, 4.69) is 0 Å². The van der Waals surface area contributed by atoms with Gasteiger partial charge in [-0.05, 0) is 92.1 Å². The van der Waals surface area contributed by atoms with Gasteiger partial charge >= 0.3 is 0 Å². The highest BCUT2D eigenvalue weighted by Gasteiger charge is 2.09. The Hall–Kier alpha value is -6.03. The second-order valence-electron chi connectivity index (χ2n) is 12.2. The number of amidine groups is 2. The number of nitrogens with one attached hydrogen (secondary N) is 2. The Morgan fingerprint density at radius 2 is 1.08 bits per heavy atom. The largest absolute Gasteiger partial charge is 0.497 e. The van der Waals surface area contributed by atoms with Crippen molar-refractivity contribution in [2.24, 2.45) is 11.5 Å². The fourth-order valence-electron chi connectivity index (χ4n) is 4.63. The second-order valence-corrected chi connectivity index (χ2v) is 15.4. The number of benzene rings is 4. The van der Waals surface area contributed by atoms with Crippen molar-refractivity contribution in [1.29, 1.82) is 10.8 Å². The van der Waals surface area contributed by atoms with Crippen molar-refractivity contribution in [3.8, 4) is 34.3 Å². The van der Waals surface area contributed by atoms with Crippen LogP contribution in [0.25, 0.3) is 22.3 Å². The van der Waals surface area contributed by atoms with Crippen molar-refractivity contribution < 1.29 is 59.5 Å². The second kappa shape index (κ2) is 25.5. The Bertz CT molecular complexity index is 2300. The summed E-state index contributed by atoms with van der Waals surface area (Å²) in [4.78, 5) is 12.2. The summed E-state index contributed by atoms with van der Waals surface area (Å²) in [6.45, 7) is 0.233. The number of hydrogen-bond acceptors (Lipinski definition) is 14. The van der Waals surface area contributed by atoms with Crippen LogP contribution in [0.1, 0.15) is 30.4 Å². The molecule has 5 aromatic rings. The van der Waals surface area contributed by atoms with E-state index in [0.29, 0.717) is 52.6 Å². The average molecular weight is 875 g/mol. The normalized spacial score (nSPS) is 10.7. The minimum absolute atomic E-state index is 0.0579. The summed E-state index contributed by atoms with van der Waals surface area (Å²) in [6, 6.07) is 28.4. The molecule has 5 rings (SSSR count). The van der Waals surface area contributed by atoms with Crippen LogP contribution in [0.3, 0.4) is 0 Å². The van der Waals surface area contributed by atoms with E-state index in [9.17, 15) is 21.6 Å². The number of methoxy groups -OCH3 is 2. The van der Waals surface area contributed by atoms with Crippen molar-refractivity contribution in [3.05, 3.63) is 118 Å². The molecule has 20 heteroatoms. The van der Waals surface area contributed by atoms with Crippen LogP contribution in [0.15, 0.2) is 106 Å². The highest BCUT2D eigenvalue weighted by atomic mass is 32.2. The Balaban J connectivity index is 0.000000317. The first-order valence-electron chi connectivity index (χ1n) is 17.9. The summed E-state index contributed by atoms with van der Waals surface area (Å²) < 4.78 is 81.7. The summed E-state index contributed by atoms with van der Waals surface area (Å²) in [6.07, 6.45) is 2.90. The van der Waals surface area contributed by atoms with Crippen LogP contribution in [0, 0.1) is 10.8 Å². The number of ether oxygens (including phenoxy) is 4. The minimum Gasteiger partial charge on any atom is -0.497 e. The van der Waals surface area contributed by atoms with Crippen molar-refractivity contribution in [1.82, 2.24) is 0 Å². The molecule has 18 nitrogen and oxygen atoms in total. The predicted molar refractivity (Wildman–Crippen MR) is 228 cm³/mol. The molecule has 60 heavy (non-hydrogen) atoms. The lowest BCUT2D eigenvalue weighted by atomic mass is 10.1. The summed E-state index contributed by atoms with van der Waals surface area (Å²) in [5.74, 6) is 2.39. The highest BCUT2D eigenvalue weighted by Crippen LogP contribution is 2.27. The molecule has 0 radical (unpaired) electrons. The van der Waals surface area contributed by atoms with Crippen LogP contribution >= 0.6 is 0 Å². The SMILES string of the molecule is COc1cccc(-c2cc(=O)c3ccc(OC)cc3o2)c1.N=C(N)c1ccc(OCCCCCOc2ccc(C(=N)N)cc2)cc1.O=S(=O)(O)CCO.O=S(=O)(O)CCO. The lowest BCUT2D eigenvalue weighted by Gasteiger charge is -2.08. The van der Waals surface area contributed by atoms with Crippen molar-refractivity contribution in [2.45, 2.75) is 19.3 Å². The third kappa shape index (κ3) is 19.6. The molecule has 0 atom stereocenters. The van der Waals surface area contributed by atoms with Gasteiger partial charge in [-0.3, -0.25) is 24.7 Å². The molecule has 0 saturated heterocycles. The molecule has 0 bridgehead atoms. The topological polar surface area (TPSA) is 316 Å². The zero-order valence-corrected chi connectivity index (χ0v) is 34.6. The Morgan fingerprint density at radius 3 is 1.48 bits per heavy atom. The first-order valence-corrected chi connectivity index (χ1v) is 21.1. The summed E-state index contributed by atoms with van der Waals surface area (Å²) in [7, 11) is -4.68. The third-order valence-electron chi connectivity index (χ3n) is 7.65. The van der Waals surface area contributed by atoms with Gasteiger partial charge in [0.25, 0.3) is 20.2 Å². The predicted octanol–water partition coefficient (Wildman–Crippen LogP) is 4.09. The number of hydrogen-bond donors (Lipinski definition) is 8. The molecular weight excluding hydrogens is 825 g/mol. The van der Waals surface area contributed by atoms with Crippen molar-refractivity contribution >= 4 is 42.9 Å². The molecule has 0 spiro atoms. The molecule has 1 heterocycles. The molecule has 0 aliphatic rings. The van der Waals surface area contributed by atoms with Gasteiger partial charge in [0.1, 0.15) is 46.0 Å². The fourth-order valence-corrected chi connectivity index (χ4v) is 5.10. The maximum absolute atomic E-state index is 12.2. The molecule has 0 fully saturated rings. The number of fused-ring (bicyclic) bond motifs is 1. The molecule has 10 N–H and O–H groups in total. The van der Waals surface area contributed by atoms with Crippen LogP contribution in [-0.2, 0) is 20.2 Å². The molecule has 0 aliphatic heterocycles. The number of aliphatic hydroxyl groups excluding tert-OH is 2. The smallest absolute Gasteiger partial charge is 0.267 e. The first kappa shape index (κ1) is 50.1. The highest BCUT2D eigenvalue weighted by molar-refractivity contribution is 7.86. The Morgan fingerprint density at radius 1 is 0.633 bits per heavy atom. The quantitative estimate of drug-likeness (QED) is 0.0282. The van der Waals surface area contributed by atoms with Crippen LogP contribution in [0.2, 0.25) is 0 Å². The monoisotopic (exact) mass is 874 g/mol. The summed E-state index contributed by atoms with van der Waals surface area (Å²) in [5.41, 5.74) is 13.4. The number of unbranched alkanes of at least 4 members (excludes halogenated alkanes) is 2. The molecule has 4 aromatic carbocycles.